The zero-order valence-electron chi connectivity index (χ0n) is 9.69. The molecular formula is C10H15N3O5. The number of aliphatic hydroxyl groups is 4. The molecule has 0 radical (unpaired) electrons. The molecule has 2 rings (SSSR count). The zero-order chi connectivity index (χ0) is 13.4. The summed E-state index contributed by atoms with van der Waals surface area (Å²) in [5.41, 5.74) is 0. The third-order valence-electron chi connectivity index (χ3n) is 2.94. The smallest absolute Gasteiger partial charge is 0.222 e. The van der Waals surface area contributed by atoms with Crippen LogP contribution in [0.5, 0.6) is 0 Å². The van der Waals surface area contributed by atoms with Crippen molar-refractivity contribution in [3.63, 3.8) is 0 Å². The van der Waals surface area contributed by atoms with Crippen LogP contribution in [0.2, 0.25) is 0 Å². The van der Waals surface area contributed by atoms with E-state index in [1.165, 1.54) is 17.7 Å². The fourth-order valence-corrected chi connectivity index (χ4v) is 2.06. The van der Waals surface area contributed by atoms with Gasteiger partial charge in [-0.25, -0.2) is 4.98 Å². The molecule has 1 aromatic heterocycles. The Labute approximate surface area is 103 Å². The van der Waals surface area contributed by atoms with Gasteiger partial charge in [0.05, 0.1) is 12.6 Å². The predicted octanol–water partition coefficient (Wildman–Crippen LogP) is -1.86. The third-order valence-corrected chi connectivity index (χ3v) is 2.94. The highest BCUT2D eigenvalue weighted by molar-refractivity contribution is 5.87. The Morgan fingerprint density at radius 1 is 1.44 bits per heavy atom. The van der Waals surface area contributed by atoms with Gasteiger partial charge in [0.1, 0.15) is 24.1 Å². The van der Waals surface area contributed by atoms with Gasteiger partial charge in [-0.1, -0.05) is 0 Å². The van der Waals surface area contributed by atoms with Crippen molar-refractivity contribution in [2.45, 2.75) is 31.3 Å². The molecule has 100 valence electrons. The van der Waals surface area contributed by atoms with Gasteiger partial charge >= 0.3 is 0 Å². The Balaban J connectivity index is 2.41. The summed E-state index contributed by atoms with van der Waals surface area (Å²) in [6.45, 7) is 0.885. The van der Waals surface area contributed by atoms with Crippen molar-refractivity contribution >= 4 is 11.7 Å². The molecule has 8 nitrogen and oxygen atoms in total. The van der Waals surface area contributed by atoms with Crippen molar-refractivity contribution in [2.24, 2.45) is 0 Å². The number of carbonyl (C=O) groups excluding carboxylic acids is 1. The molecule has 5 N–H and O–H groups in total. The van der Waals surface area contributed by atoms with E-state index >= 15 is 0 Å². The van der Waals surface area contributed by atoms with E-state index in [0.29, 0.717) is 0 Å². The van der Waals surface area contributed by atoms with E-state index in [1.807, 2.05) is 0 Å². The molecular weight excluding hydrogens is 242 g/mol. The molecule has 0 saturated carbocycles. The molecule has 0 fully saturated rings. The third kappa shape index (κ3) is 1.99. The van der Waals surface area contributed by atoms with Crippen LogP contribution < -0.4 is 5.32 Å². The Bertz CT molecular complexity index is 460. The van der Waals surface area contributed by atoms with Crippen LogP contribution in [0.3, 0.4) is 0 Å². The number of nitrogens with zero attached hydrogens (tertiary/aromatic N) is 2. The number of hydrogen-bond donors (Lipinski definition) is 5. The fraction of sp³-hybridized carbons (Fsp3) is 0.600. The van der Waals surface area contributed by atoms with Crippen LogP contribution >= 0.6 is 0 Å². The molecule has 1 amide bonds. The van der Waals surface area contributed by atoms with Crippen molar-refractivity contribution in [3.05, 3.63) is 12.0 Å². The van der Waals surface area contributed by atoms with Crippen molar-refractivity contribution in [2.75, 3.05) is 11.9 Å². The van der Waals surface area contributed by atoms with Crippen LogP contribution in [0.15, 0.2) is 6.20 Å². The minimum absolute atomic E-state index is 0.0931. The summed E-state index contributed by atoms with van der Waals surface area (Å²) >= 11 is 0. The van der Waals surface area contributed by atoms with Crippen LogP contribution in [0.4, 0.5) is 5.82 Å². The van der Waals surface area contributed by atoms with Gasteiger partial charge in [-0.2, -0.15) is 0 Å². The van der Waals surface area contributed by atoms with E-state index in [-0.39, 0.29) is 17.5 Å². The molecule has 18 heavy (non-hydrogen) atoms. The number of amides is 1. The first-order chi connectivity index (χ1) is 8.45. The number of imidazole rings is 1. The van der Waals surface area contributed by atoms with E-state index in [9.17, 15) is 25.2 Å². The summed E-state index contributed by atoms with van der Waals surface area (Å²) < 4.78 is 1.35. The van der Waals surface area contributed by atoms with Crippen LogP contribution in [0.25, 0.3) is 0 Å². The lowest BCUT2D eigenvalue weighted by Crippen LogP contribution is -2.46. The normalized spacial score (nSPS) is 30.9. The number of aliphatic hydroxyl groups excluding tert-OH is 4. The Morgan fingerprint density at radius 3 is 2.67 bits per heavy atom. The van der Waals surface area contributed by atoms with E-state index in [4.69, 9.17) is 0 Å². The second kappa shape index (κ2) is 4.65. The average molecular weight is 257 g/mol. The van der Waals surface area contributed by atoms with Gasteiger partial charge in [0.2, 0.25) is 5.91 Å². The molecule has 1 aliphatic rings. The minimum atomic E-state index is -1.43. The van der Waals surface area contributed by atoms with Crippen molar-refractivity contribution in [3.8, 4) is 0 Å². The first-order valence-corrected chi connectivity index (χ1v) is 5.47. The zero-order valence-corrected chi connectivity index (χ0v) is 9.69. The van der Waals surface area contributed by atoms with Gasteiger partial charge in [0.25, 0.3) is 0 Å². The average Bonchev–Trinajstić information content (AvgIpc) is 2.70. The monoisotopic (exact) mass is 257 g/mol. The second-order valence-corrected chi connectivity index (χ2v) is 4.25. The Hall–Kier alpha value is -1.48. The molecule has 0 unspecified atom stereocenters. The van der Waals surface area contributed by atoms with E-state index in [0.717, 1.165) is 0 Å². The van der Waals surface area contributed by atoms with Crippen molar-refractivity contribution < 1.29 is 25.2 Å². The highest BCUT2D eigenvalue weighted by Gasteiger charge is 2.41. The fourth-order valence-electron chi connectivity index (χ4n) is 2.06. The number of hydrogen-bond acceptors (Lipinski definition) is 6. The Kier molecular flexibility index (Phi) is 3.35. The maximum atomic E-state index is 10.9. The summed E-state index contributed by atoms with van der Waals surface area (Å²) in [7, 11) is 0. The molecule has 0 aliphatic carbocycles. The Morgan fingerprint density at radius 2 is 2.11 bits per heavy atom. The lowest BCUT2D eigenvalue weighted by Gasteiger charge is -2.35. The molecule has 1 aromatic rings. The van der Waals surface area contributed by atoms with Gasteiger partial charge < -0.3 is 30.3 Å². The number of rotatable bonds is 2. The maximum Gasteiger partial charge on any atom is 0.222 e. The van der Waals surface area contributed by atoms with Gasteiger partial charge in [0.15, 0.2) is 5.82 Å². The summed E-state index contributed by atoms with van der Waals surface area (Å²) in [6.07, 6.45) is -2.71. The number of aromatic nitrogens is 2. The van der Waals surface area contributed by atoms with Crippen LogP contribution in [0.1, 0.15) is 24.9 Å². The molecule has 0 bridgehead atoms. The predicted molar refractivity (Wildman–Crippen MR) is 59.6 cm³/mol. The van der Waals surface area contributed by atoms with Gasteiger partial charge in [-0.05, 0) is 0 Å². The molecule has 0 spiro atoms. The number of fused-ring (bicyclic) bond motifs is 1. The van der Waals surface area contributed by atoms with Crippen LogP contribution in [0, 0.1) is 0 Å². The number of carbonyl (C=O) groups is 1. The lowest BCUT2D eigenvalue weighted by atomic mass is 9.96. The quantitative estimate of drug-likeness (QED) is 0.423. The molecule has 8 heteroatoms. The highest BCUT2D eigenvalue weighted by atomic mass is 16.4. The van der Waals surface area contributed by atoms with Gasteiger partial charge in [-0.3, -0.25) is 4.79 Å². The van der Waals surface area contributed by atoms with Gasteiger partial charge in [-0.15, -0.1) is 0 Å². The van der Waals surface area contributed by atoms with Crippen LogP contribution in [-0.2, 0) is 4.79 Å². The number of nitrogens with one attached hydrogen (secondary N) is 1. The molecule has 4 atom stereocenters. The SMILES string of the molecule is CC(=O)Nc1cn2c(n1)[C@H](O)[C@@H](O)[C@H](O)[C@H]2CO. The van der Waals surface area contributed by atoms with E-state index in [1.54, 1.807) is 0 Å². The summed E-state index contributed by atoms with van der Waals surface area (Å²) in [4.78, 5) is 14.9. The molecule has 1 aliphatic heterocycles. The van der Waals surface area contributed by atoms with Crippen LogP contribution in [-0.4, -0.2) is 54.7 Å². The standard InChI is InChI=1S/C10H15N3O5/c1-4(15)11-6-2-13-5(3-14)7(16)8(17)9(18)10(13)12-6/h2,5,7-9,14,16-18H,3H2,1H3,(H,11,15)/t5-,7-,8+,9-/m1/s1. The first kappa shape index (κ1) is 13.0. The maximum absolute atomic E-state index is 10.9. The summed E-state index contributed by atoms with van der Waals surface area (Å²) in [6, 6.07) is -0.812. The summed E-state index contributed by atoms with van der Waals surface area (Å²) in [5.74, 6) is -0.0477. The summed E-state index contributed by atoms with van der Waals surface area (Å²) in [5, 5.41) is 40.8. The molecule has 2 heterocycles. The number of anilines is 1. The first-order valence-electron chi connectivity index (χ1n) is 5.47. The van der Waals surface area contributed by atoms with E-state index in [2.05, 4.69) is 10.3 Å². The largest absolute Gasteiger partial charge is 0.394 e. The van der Waals surface area contributed by atoms with Crippen molar-refractivity contribution in [1.29, 1.82) is 0 Å². The topological polar surface area (TPSA) is 128 Å². The molecule has 0 saturated heterocycles. The highest BCUT2D eigenvalue weighted by Crippen LogP contribution is 2.33. The second-order valence-electron chi connectivity index (χ2n) is 4.25. The van der Waals surface area contributed by atoms with Gasteiger partial charge in [0, 0.05) is 13.1 Å². The van der Waals surface area contributed by atoms with E-state index < -0.39 is 31.0 Å². The van der Waals surface area contributed by atoms with Crippen molar-refractivity contribution in [1.82, 2.24) is 9.55 Å². The minimum Gasteiger partial charge on any atom is -0.394 e. The molecule has 0 aromatic carbocycles. The lowest BCUT2D eigenvalue weighted by molar-refractivity contribution is -0.114.